The summed E-state index contributed by atoms with van der Waals surface area (Å²) < 4.78 is 0. The summed E-state index contributed by atoms with van der Waals surface area (Å²) in [5.74, 6) is 0.203. The molecular formula is C12H18ClN3O. The first-order chi connectivity index (χ1) is 8.06. The molecule has 0 saturated carbocycles. The zero-order chi connectivity index (χ0) is 12.8. The topological polar surface area (TPSA) is 70.6 Å². The van der Waals surface area contributed by atoms with Gasteiger partial charge in [-0.3, -0.25) is 0 Å². The molecule has 0 saturated heterocycles. The second-order valence-electron chi connectivity index (χ2n) is 4.08. The summed E-state index contributed by atoms with van der Waals surface area (Å²) in [4.78, 5) is 0. The second kappa shape index (κ2) is 6.47. The second-order valence-corrected chi connectivity index (χ2v) is 4.48. The van der Waals surface area contributed by atoms with Crippen LogP contribution in [0.2, 0.25) is 5.02 Å². The molecule has 4 nitrogen and oxygen atoms in total. The van der Waals surface area contributed by atoms with Gasteiger partial charge in [-0.1, -0.05) is 41.9 Å². The molecule has 0 bridgehead atoms. The van der Waals surface area contributed by atoms with Crippen LogP contribution in [-0.2, 0) is 0 Å². The molecule has 1 rings (SSSR count). The van der Waals surface area contributed by atoms with Crippen molar-refractivity contribution in [1.82, 2.24) is 5.32 Å². The first kappa shape index (κ1) is 13.8. The van der Waals surface area contributed by atoms with E-state index >= 15 is 0 Å². The molecule has 17 heavy (non-hydrogen) atoms. The quantitative estimate of drug-likeness (QED) is 0.327. The van der Waals surface area contributed by atoms with Crippen LogP contribution in [-0.4, -0.2) is 17.6 Å². The van der Waals surface area contributed by atoms with Gasteiger partial charge in [0, 0.05) is 23.5 Å². The van der Waals surface area contributed by atoms with Crippen molar-refractivity contribution in [2.45, 2.75) is 19.9 Å². The molecule has 1 aromatic rings. The van der Waals surface area contributed by atoms with Crippen molar-refractivity contribution in [3.8, 4) is 0 Å². The van der Waals surface area contributed by atoms with Gasteiger partial charge in [-0.2, -0.15) is 0 Å². The summed E-state index contributed by atoms with van der Waals surface area (Å²) in [6.07, 6.45) is 0. The van der Waals surface area contributed by atoms with E-state index in [1.807, 2.05) is 38.1 Å². The minimum atomic E-state index is -0.0232. The Morgan fingerprint density at radius 1 is 1.47 bits per heavy atom. The largest absolute Gasteiger partial charge is 0.409 e. The van der Waals surface area contributed by atoms with E-state index in [1.165, 1.54) is 0 Å². The van der Waals surface area contributed by atoms with E-state index < -0.39 is 0 Å². The Morgan fingerprint density at radius 2 is 2.12 bits per heavy atom. The average molecular weight is 256 g/mol. The standard InChI is InChI=1S/C12H18ClN3O/c1-8(12(14)16-17)7-15-9(2)10-5-3-4-6-11(10)13/h3-6,8-9,15,17H,7H2,1-2H3,(H2,14,16)/t8?,9-/m1/s1. The Labute approximate surface area is 106 Å². The smallest absolute Gasteiger partial charge is 0.143 e. The van der Waals surface area contributed by atoms with Crippen LogP contribution in [0, 0.1) is 5.92 Å². The lowest BCUT2D eigenvalue weighted by molar-refractivity contribution is 0.313. The van der Waals surface area contributed by atoms with Gasteiger partial charge in [0.25, 0.3) is 0 Å². The molecule has 1 unspecified atom stereocenters. The fraction of sp³-hybridized carbons (Fsp3) is 0.417. The average Bonchev–Trinajstić information content (AvgIpc) is 2.35. The summed E-state index contributed by atoms with van der Waals surface area (Å²) in [7, 11) is 0. The lowest BCUT2D eigenvalue weighted by Crippen LogP contribution is -2.32. The molecule has 0 radical (unpaired) electrons. The highest BCUT2D eigenvalue weighted by Crippen LogP contribution is 2.22. The van der Waals surface area contributed by atoms with Gasteiger partial charge >= 0.3 is 0 Å². The number of amidine groups is 1. The SMILES string of the molecule is CC(CN[C@H](C)c1ccccc1Cl)/C(N)=N/O. The van der Waals surface area contributed by atoms with E-state index in [1.54, 1.807) is 0 Å². The number of rotatable bonds is 5. The highest BCUT2D eigenvalue weighted by molar-refractivity contribution is 6.31. The molecule has 0 aliphatic heterocycles. The molecule has 5 heteroatoms. The summed E-state index contributed by atoms with van der Waals surface area (Å²) >= 11 is 6.10. The monoisotopic (exact) mass is 255 g/mol. The third-order valence-electron chi connectivity index (χ3n) is 2.72. The first-order valence-electron chi connectivity index (χ1n) is 5.51. The lowest BCUT2D eigenvalue weighted by atomic mass is 10.1. The summed E-state index contributed by atoms with van der Waals surface area (Å²) in [6.45, 7) is 4.55. The number of halogens is 1. The zero-order valence-corrected chi connectivity index (χ0v) is 10.8. The van der Waals surface area contributed by atoms with Crippen molar-refractivity contribution in [1.29, 1.82) is 0 Å². The van der Waals surface area contributed by atoms with E-state index in [2.05, 4.69) is 10.5 Å². The van der Waals surface area contributed by atoms with Gasteiger partial charge in [-0.15, -0.1) is 0 Å². The van der Waals surface area contributed by atoms with Crippen molar-refractivity contribution in [2.24, 2.45) is 16.8 Å². The summed E-state index contributed by atoms with van der Waals surface area (Å²) in [5.41, 5.74) is 6.55. The molecule has 0 spiro atoms. The minimum absolute atomic E-state index is 0.0232. The molecule has 1 aromatic carbocycles. The van der Waals surface area contributed by atoms with Crippen LogP contribution >= 0.6 is 11.6 Å². The molecule has 0 aliphatic rings. The maximum absolute atomic E-state index is 8.55. The number of nitrogens with zero attached hydrogens (tertiary/aromatic N) is 1. The molecule has 0 aromatic heterocycles. The summed E-state index contributed by atoms with van der Waals surface area (Å²) in [6, 6.07) is 7.82. The molecular weight excluding hydrogens is 238 g/mol. The number of benzene rings is 1. The number of oxime groups is 1. The van der Waals surface area contributed by atoms with E-state index in [9.17, 15) is 0 Å². The van der Waals surface area contributed by atoms with Gasteiger partial charge < -0.3 is 16.3 Å². The van der Waals surface area contributed by atoms with Crippen molar-refractivity contribution in [2.75, 3.05) is 6.54 Å². The minimum Gasteiger partial charge on any atom is -0.409 e. The van der Waals surface area contributed by atoms with Crippen molar-refractivity contribution >= 4 is 17.4 Å². The van der Waals surface area contributed by atoms with Crippen LogP contribution in [0.3, 0.4) is 0 Å². The predicted octanol–water partition coefficient (Wildman–Crippen LogP) is 2.37. The molecule has 94 valence electrons. The predicted molar refractivity (Wildman–Crippen MR) is 70.4 cm³/mol. The van der Waals surface area contributed by atoms with Crippen LogP contribution in [0.15, 0.2) is 29.4 Å². The van der Waals surface area contributed by atoms with Crippen LogP contribution in [0.5, 0.6) is 0 Å². The third kappa shape index (κ3) is 3.91. The number of nitrogens with two attached hydrogens (primary N) is 1. The highest BCUT2D eigenvalue weighted by Gasteiger charge is 2.12. The molecule has 0 heterocycles. The Morgan fingerprint density at radius 3 is 2.71 bits per heavy atom. The lowest BCUT2D eigenvalue weighted by Gasteiger charge is -2.18. The maximum Gasteiger partial charge on any atom is 0.143 e. The maximum atomic E-state index is 8.55. The van der Waals surface area contributed by atoms with Crippen LogP contribution < -0.4 is 11.1 Å². The molecule has 4 N–H and O–H groups in total. The molecule has 0 aliphatic carbocycles. The Hall–Kier alpha value is -1.26. The zero-order valence-electron chi connectivity index (χ0n) is 10.0. The fourth-order valence-corrected chi connectivity index (χ4v) is 1.79. The normalized spacial score (nSPS) is 15.6. The Kier molecular flexibility index (Phi) is 5.25. The van der Waals surface area contributed by atoms with Crippen LogP contribution in [0.1, 0.15) is 25.5 Å². The van der Waals surface area contributed by atoms with E-state index in [0.717, 1.165) is 10.6 Å². The molecule has 0 fully saturated rings. The number of hydrogen-bond acceptors (Lipinski definition) is 3. The van der Waals surface area contributed by atoms with Gasteiger partial charge in [-0.05, 0) is 18.6 Å². The van der Waals surface area contributed by atoms with Gasteiger partial charge in [0.2, 0.25) is 0 Å². The van der Waals surface area contributed by atoms with E-state index in [4.69, 9.17) is 22.5 Å². The van der Waals surface area contributed by atoms with Gasteiger partial charge in [-0.25, -0.2) is 0 Å². The third-order valence-corrected chi connectivity index (χ3v) is 3.07. The van der Waals surface area contributed by atoms with Crippen molar-refractivity contribution < 1.29 is 5.21 Å². The summed E-state index contributed by atoms with van der Waals surface area (Å²) in [5, 5.41) is 15.6. The Bertz CT molecular complexity index is 395. The number of nitrogens with one attached hydrogen (secondary N) is 1. The van der Waals surface area contributed by atoms with Crippen LogP contribution in [0.25, 0.3) is 0 Å². The molecule has 0 amide bonds. The van der Waals surface area contributed by atoms with Gasteiger partial charge in [0.15, 0.2) is 0 Å². The van der Waals surface area contributed by atoms with Crippen molar-refractivity contribution in [3.63, 3.8) is 0 Å². The highest BCUT2D eigenvalue weighted by atomic mass is 35.5. The van der Waals surface area contributed by atoms with E-state index in [-0.39, 0.29) is 17.8 Å². The van der Waals surface area contributed by atoms with Crippen LogP contribution in [0.4, 0.5) is 0 Å². The van der Waals surface area contributed by atoms with Gasteiger partial charge in [0.1, 0.15) is 5.84 Å². The first-order valence-corrected chi connectivity index (χ1v) is 5.89. The van der Waals surface area contributed by atoms with Gasteiger partial charge in [0.05, 0.1) is 0 Å². The van der Waals surface area contributed by atoms with Crippen molar-refractivity contribution in [3.05, 3.63) is 34.9 Å². The van der Waals surface area contributed by atoms with E-state index in [0.29, 0.717) is 6.54 Å². The Balaban J connectivity index is 2.56. The molecule has 2 atom stereocenters. The number of hydrogen-bond donors (Lipinski definition) is 3. The fourth-order valence-electron chi connectivity index (χ4n) is 1.49.